The van der Waals surface area contributed by atoms with Crippen LogP contribution >= 0.6 is 0 Å². The Morgan fingerprint density at radius 2 is 1.90 bits per heavy atom. The molecule has 1 aromatic carbocycles. The van der Waals surface area contributed by atoms with Gasteiger partial charge >= 0.3 is 18.2 Å². The van der Waals surface area contributed by atoms with E-state index in [1.807, 2.05) is 37.3 Å². The molecule has 2 amide bonds. The summed E-state index contributed by atoms with van der Waals surface area (Å²) in [6.45, 7) is 4.26. The maximum atomic E-state index is 13.3. The van der Waals surface area contributed by atoms with Gasteiger partial charge in [0.2, 0.25) is 0 Å². The Kier molecular flexibility index (Phi) is 6.62. The van der Waals surface area contributed by atoms with E-state index >= 15 is 0 Å². The van der Waals surface area contributed by atoms with Crippen molar-refractivity contribution in [3.63, 3.8) is 0 Å². The van der Waals surface area contributed by atoms with E-state index in [2.05, 4.69) is 0 Å². The summed E-state index contributed by atoms with van der Waals surface area (Å²) in [5, 5.41) is 0. The number of benzene rings is 1. The average Bonchev–Trinajstić information content (AvgIpc) is 3.46. The molecule has 0 aromatic heterocycles. The van der Waals surface area contributed by atoms with Crippen molar-refractivity contribution >= 4 is 12.0 Å². The zero-order valence-electron chi connectivity index (χ0n) is 17.5. The third-order valence-electron chi connectivity index (χ3n) is 6.10. The molecule has 2 fully saturated rings. The van der Waals surface area contributed by atoms with Crippen molar-refractivity contribution in [2.45, 2.75) is 76.2 Å². The molecule has 0 N–H and O–H groups in total. The SMILES string of the molecule is CCCCOC(=O)N1CC[C@H](N(C(=O)C(F)(F)F)C2(C)CC2)C[C@H]1c1ccccc1. The molecule has 0 unspecified atom stereocenters. The van der Waals surface area contributed by atoms with Gasteiger partial charge in [-0.1, -0.05) is 43.7 Å². The number of amides is 2. The average molecular weight is 426 g/mol. The number of hydrogen-bond acceptors (Lipinski definition) is 3. The number of rotatable bonds is 6. The number of alkyl halides is 3. The van der Waals surface area contributed by atoms with Crippen molar-refractivity contribution in [3.8, 4) is 0 Å². The first-order valence-electron chi connectivity index (χ1n) is 10.6. The van der Waals surface area contributed by atoms with Crippen molar-refractivity contribution in [1.82, 2.24) is 9.80 Å². The van der Waals surface area contributed by atoms with Crippen LogP contribution in [0.4, 0.5) is 18.0 Å². The van der Waals surface area contributed by atoms with Gasteiger partial charge in [-0.25, -0.2) is 4.79 Å². The highest BCUT2D eigenvalue weighted by Crippen LogP contribution is 2.47. The summed E-state index contributed by atoms with van der Waals surface area (Å²) < 4.78 is 45.4. The molecule has 30 heavy (non-hydrogen) atoms. The van der Waals surface area contributed by atoms with Gasteiger partial charge in [0.05, 0.1) is 12.6 Å². The largest absolute Gasteiger partial charge is 0.471 e. The second-order valence-electron chi connectivity index (χ2n) is 8.44. The summed E-state index contributed by atoms with van der Waals surface area (Å²) in [7, 11) is 0. The van der Waals surface area contributed by atoms with E-state index in [1.54, 1.807) is 11.8 Å². The lowest BCUT2D eigenvalue weighted by molar-refractivity contribution is -0.192. The fourth-order valence-corrected chi connectivity index (χ4v) is 4.19. The Hall–Kier alpha value is -2.25. The van der Waals surface area contributed by atoms with Gasteiger partial charge in [-0.3, -0.25) is 4.79 Å². The number of carbonyl (C=O) groups is 2. The first-order chi connectivity index (χ1) is 14.2. The summed E-state index contributed by atoms with van der Waals surface area (Å²) in [6, 6.07) is 8.20. The monoisotopic (exact) mass is 426 g/mol. The van der Waals surface area contributed by atoms with Crippen LogP contribution in [0.1, 0.15) is 64.0 Å². The van der Waals surface area contributed by atoms with Crippen molar-refractivity contribution in [1.29, 1.82) is 0 Å². The Morgan fingerprint density at radius 1 is 1.23 bits per heavy atom. The Balaban J connectivity index is 1.84. The quantitative estimate of drug-likeness (QED) is 0.597. The van der Waals surface area contributed by atoms with Crippen LogP contribution in [-0.4, -0.2) is 52.7 Å². The van der Waals surface area contributed by atoms with E-state index < -0.39 is 35.8 Å². The number of unbranched alkanes of at least 4 members (excludes halogenated alkanes) is 1. The molecule has 2 aliphatic rings. The predicted octanol–water partition coefficient (Wildman–Crippen LogP) is 5.07. The number of piperidine rings is 1. The van der Waals surface area contributed by atoms with Crippen LogP contribution in [0.25, 0.3) is 0 Å². The number of hydrogen-bond donors (Lipinski definition) is 0. The summed E-state index contributed by atoms with van der Waals surface area (Å²) in [4.78, 5) is 27.6. The lowest BCUT2D eigenvalue weighted by atomic mass is 9.90. The van der Waals surface area contributed by atoms with Crippen LogP contribution in [0.3, 0.4) is 0 Å². The number of likely N-dealkylation sites (tertiary alicyclic amines) is 1. The van der Waals surface area contributed by atoms with Crippen LogP contribution in [-0.2, 0) is 9.53 Å². The maximum Gasteiger partial charge on any atom is 0.471 e. The summed E-state index contributed by atoms with van der Waals surface area (Å²) in [5.41, 5.74) is 0.0671. The standard InChI is InChI=1S/C22H29F3N2O3/c1-3-4-14-30-20(29)26-13-10-17(15-18(26)16-8-6-5-7-9-16)27(21(2)11-12-21)19(28)22(23,24)25/h5-9,17-18H,3-4,10-15H2,1-2H3/t17-,18-/m0/s1. The summed E-state index contributed by atoms with van der Waals surface area (Å²) >= 11 is 0. The molecule has 166 valence electrons. The topological polar surface area (TPSA) is 49.9 Å². The Bertz CT molecular complexity index is 750. The molecule has 0 radical (unpaired) electrons. The fourth-order valence-electron chi connectivity index (χ4n) is 4.19. The molecular formula is C22H29F3N2O3. The van der Waals surface area contributed by atoms with Gasteiger partial charge in [0.25, 0.3) is 0 Å². The van der Waals surface area contributed by atoms with Crippen LogP contribution < -0.4 is 0 Å². The molecular weight excluding hydrogens is 397 g/mol. The minimum atomic E-state index is -4.91. The van der Waals surface area contributed by atoms with Gasteiger partial charge in [-0.15, -0.1) is 0 Å². The normalized spacial score (nSPS) is 23.0. The molecule has 2 atom stereocenters. The van der Waals surface area contributed by atoms with E-state index in [0.29, 0.717) is 25.9 Å². The van der Waals surface area contributed by atoms with Gasteiger partial charge in [0.1, 0.15) is 0 Å². The van der Waals surface area contributed by atoms with Crippen LogP contribution in [0.5, 0.6) is 0 Å². The summed E-state index contributed by atoms with van der Waals surface area (Å²) in [5.74, 6) is -1.78. The predicted molar refractivity (Wildman–Crippen MR) is 106 cm³/mol. The molecule has 0 spiro atoms. The second-order valence-corrected chi connectivity index (χ2v) is 8.44. The lowest BCUT2D eigenvalue weighted by Crippen LogP contribution is -2.56. The Morgan fingerprint density at radius 3 is 2.47 bits per heavy atom. The van der Waals surface area contributed by atoms with Crippen molar-refractivity contribution < 1.29 is 27.5 Å². The van der Waals surface area contributed by atoms with E-state index in [4.69, 9.17) is 4.74 Å². The maximum absolute atomic E-state index is 13.3. The number of carbonyl (C=O) groups excluding carboxylic acids is 2. The smallest absolute Gasteiger partial charge is 0.449 e. The van der Waals surface area contributed by atoms with Gasteiger partial charge in [0.15, 0.2) is 0 Å². The van der Waals surface area contributed by atoms with E-state index in [9.17, 15) is 22.8 Å². The van der Waals surface area contributed by atoms with E-state index in [-0.39, 0.29) is 13.0 Å². The van der Waals surface area contributed by atoms with Gasteiger partial charge in [-0.2, -0.15) is 13.2 Å². The van der Waals surface area contributed by atoms with Crippen LogP contribution in [0.15, 0.2) is 30.3 Å². The minimum absolute atomic E-state index is 0.243. The minimum Gasteiger partial charge on any atom is -0.449 e. The molecule has 1 aliphatic heterocycles. The molecule has 1 aliphatic carbocycles. The van der Waals surface area contributed by atoms with Crippen LogP contribution in [0.2, 0.25) is 0 Å². The molecule has 1 saturated carbocycles. The lowest BCUT2D eigenvalue weighted by Gasteiger charge is -2.45. The third-order valence-corrected chi connectivity index (χ3v) is 6.10. The van der Waals surface area contributed by atoms with Gasteiger partial charge < -0.3 is 14.5 Å². The van der Waals surface area contributed by atoms with Crippen LogP contribution in [0, 0.1) is 0 Å². The highest BCUT2D eigenvalue weighted by molar-refractivity contribution is 5.83. The van der Waals surface area contributed by atoms with E-state index in [1.165, 1.54) is 0 Å². The second kappa shape index (κ2) is 8.86. The summed E-state index contributed by atoms with van der Waals surface area (Å²) in [6.07, 6.45) is -2.05. The highest BCUT2D eigenvalue weighted by Gasteiger charge is 2.56. The van der Waals surface area contributed by atoms with Gasteiger partial charge in [0, 0.05) is 18.1 Å². The molecule has 1 saturated heterocycles. The molecule has 0 bridgehead atoms. The van der Waals surface area contributed by atoms with E-state index in [0.717, 1.165) is 23.3 Å². The highest BCUT2D eigenvalue weighted by atomic mass is 19.4. The molecule has 8 heteroatoms. The molecule has 1 heterocycles. The number of halogens is 3. The van der Waals surface area contributed by atoms with Crippen molar-refractivity contribution in [2.75, 3.05) is 13.2 Å². The van der Waals surface area contributed by atoms with Gasteiger partial charge in [-0.05, 0) is 44.6 Å². The first-order valence-corrected chi connectivity index (χ1v) is 10.6. The first kappa shape index (κ1) is 22.4. The van der Waals surface area contributed by atoms with Crippen molar-refractivity contribution in [3.05, 3.63) is 35.9 Å². The molecule has 1 aromatic rings. The zero-order chi connectivity index (χ0) is 21.9. The number of nitrogens with zero attached hydrogens (tertiary/aromatic N) is 2. The fraction of sp³-hybridized carbons (Fsp3) is 0.636. The molecule has 3 rings (SSSR count). The number of ether oxygens (including phenoxy) is 1. The Labute approximate surface area is 175 Å². The van der Waals surface area contributed by atoms with Crippen molar-refractivity contribution in [2.24, 2.45) is 0 Å². The zero-order valence-corrected chi connectivity index (χ0v) is 17.5. The molecule has 5 nitrogen and oxygen atoms in total. The third kappa shape index (κ3) is 4.90.